The molecular formula is C18H22N2O2. The molecule has 4 nitrogen and oxygen atoms in total. The number of hydrogen-bond acceptors (Lipinski definition) is 3. The largest absolute Gasteiger partial charge is 0.435 e. The fourth-order valence-corrected chi connectivity index (χ4v) is 2.98. The molecule has 1 heterocycles. The number of carbonyl (C=O) groups is 1. The molecule has 0 radical (unpaired) electrons. The molecule has 0 bridgehead atoms. The number of hydrogen-bond donors (Lipinski definition) is 0. The molecule has 1 aromatic heterocycles. The van der Waals surface area contributed by atoms with E-state index in [4.69, 9.17) is 4.42 Å². The molecule has 1 fully saturated rings. The number of rotatable bonds is 5. The molecule has 4 heteroatoms. The predicted molar refractivity (Wildman–Crippen MR) is 84.9 cm³/mol. The van der Waals surface area contributed by atoms with Crippen LogP contribution in [0.25, 0.3) is 0 Å². The Labute approximate surface area is 131 Å². The molecule has 1 aliphatic carbocycles. The Balaban J connectivity index is 1.75. The van der Waals surface area contributed by atoms with E-state index < -0.39 is 0 Å². The monoisotopic (exact) mass is 298 g/mol. The number of aromatic nitrogens is 1. The predicted octanol–water partition coefficient (Wildman–Crippen LogP) is 3.35. The van der Waals surface area contributed by atoms with Crippen molar-refractivity contribution in [1.82, 2.24) is 9.88 Å². The van der Waals surface area contributed by atoms with E-state index in [1.165, 1.54) is 5.56 Å². The molecule has 0 saturated heterocycles. The molecular weight excluding hydrogens is 276 g/mol. The van der Waals surface area contributed by atoms with E-state index in [9.17, 15) is 4.79 Å². The zero-order valence-corrected chi connectivity index (χ0v) is 13.4. The van der Waals surface area contributed by atoms with E-state index in [2.05, 4.69) is 29.2 Å². The van der Waals surface area contributed by atoms with Crippen LogP contribution >= 0.6 is 0 Å². The Bertz CT molecular complexity index is 672. The van der Waals surface area contributed by atoms with Crippen molar-refractivity contribution in [3.05, 3.63) is 53.2 Å². The third-order valence-corrected chi connectivity index (χ3v) is 4.46. The van der Waals surface area contributed by atoms with Gasteiger partial charge in [0.05, 0.1) is 5.69 Å². The lowest BCUT2D eigenvalue weighted by Gasteiger charge is -2.23. The van der Waals surface area contributed by atoms with Crippen LogP contribution in [0.2, 0.25) is 0 Å². The van der Waals surface area contributed by atoms with Crippen molar-refractivity contribution in [3.63, 3.8) is 0 Å². The second-order valence-corrected chi connectivity index (χ2v) is 6.18. The van der Waals surface area contributed by atoms with Crippen molar-refractivity contribution in [1.29, 1.82) is 0 Å². The third kappa shape index (κ3) is 2.65. The summed E-state index contributed by atoms with van der Waals surface area (Å²) < 4.78 is 5.58. The van der Waals surface area contributed by atoms with Crippen molar-refractivity contribution < 1.29 is 9.21 Å². The Kier molecular flexibility index (Phi) is 3.77. The number of benzene rings is 1. The molecule has 0 unspecified atom stereocenters. The summed E-state index contributed by atoms with van der Waals surface area (Å²) in [6.07, 6.45) is 2.96. The van der Waals surface area contributed by atoms with Crippen molar-refractivity contribution in [2.75, 3.05) is 13.6 Å². The SMILES string of the molecule is CCc1nc(C)c(C(=O)N(C)CC2(c3ccccc3)CC2)o1. The minimum atomic E-state index is -0.0769. The lowest BCUT2D eigenvalue weighted by molar-refractivity contribution is 0.0747. The number of amides is 1. The molecule has 22 heavy (non-hydrogen) atoms. The normalized spacial score (nSPS) is 15.6. The zero-order valence-electron chi connectivity index (χ0n) is 13.4. The van der Waals surface area contributed by atoms with Gasteiger partial charge < -0.3 is 9.32 Å². The minimum absolute atomic E-state index is 0.0769. The fraction of sp³-hybridized carbons (Fsp3) is 0.444. The van der Waals surface area contributed by atoms with E-state index in [-0.39, 0.29) is 11.3 Å². The van der Waals surface area contributed by atoms with Crippen LogP contribution < -0.4 is 0 Å². The molecule has 0 N–H and O–H groups in total. The smallest absolute Gasteiger partial charge is 0.291 e. The molecule has 1 amide bonds. The number of aryl methyl sites for hydroxylation is 2. The highest BCUT2D eigenvalue weighted by atomic mass is 16.4. The number of likely N-dealkylation sites (N-methyl/N-ethyl adjacent to an activating group) is 1. The molecule has 0 atom stereocenters. The summed E-state index contributed by atoms with van der Waals surface area (Å²) in [6, 6.07) is 10.5. The van der Waals surface area contributed by atoms with Crippen LogP contribution in [0, 0.1) is 6.92 Å². The Hall–Kier alpha value is -2.10. The molecule has 0 spiro atoms. The third-order valence-electron chi connectivity index (χ3n) is 4.46. The first-order valence-corrected chi connectivity index (χ1v) is 7.83. The fourth-order valence-electron chi connectivity index (χ4n) is 2.98. The summed E-state index contributed by atoms with van der Waals surface area (Å²) in [5.41, 5.74) is 2.11. The quantitative estimate of drug-likeness (QED) is 0.850. The van der Waals surface area contributed by atoms with Crippen LogP contribution in [0.3, 0.4) is 0 Å². The van der Waals surface area contributed by atoms with Gasteiger partial charge in [-0.15, -0.1) is 0 Å². The van der Waals surface area contributed by atoms with Crippen LogP contribution in [0.5, 0.6) is 0 Å². The average molecular weight is 298 g/mol. The summed E-state index contributed by atoms with van der Waals surface area (Å²) in [5, 5.41) is 0. The summed E-state index contributed by atoms with van der Waals surface area (Å²) in [5.74, 6) is 0.925. The van der Waals surface area contributed by atoms with Crippen LogP contribution in [-0.2, 0) is 11.8 Å². The first-order chi connectivity index (χ1) is 10.6. The van der Waals surface area contributed by atoms with Crippen LogP contribution in [0.15, 0.2) is 34.7 Å². The van der Waals surface area contributed by atoms with Gasteiger partial charge in [-0.25, -0.2) is 4.98 Å². The average Bonchev–Trinajstić information content (AvgIpc) is 3.22. The van der Waals surface area contributed by atoms with Crippen LogP contribution in [0.1, 0.15) is 47.5 Å². The topological polar surface area (TPSA) is 46.3 Å². The van der Waals surface area contributed by atoms with Gasteiger partial charge in [0, 0.05) is 25.4 Å². The second-order valence-electron chi connectivity index (χ2n) is 6.18. The van der Waals surface area contributed by atoms with E-state index in [0.717, 1.165) is 19.4 Å². The Morgan fingerprint density at radius 1 is 1.32 bits per heavy atom. The Morgan fingerprint density at radius 2 is 2.00 bits per heavy atom. The van der Waals surface area contributed by atoms with Gasteiger partial charge in [-0.05, 0) is 25.3 Å². The highest BCUT2D eigenvalue weighted by Gasteiger charge is 2.45. The van der Waals surface area contributed by atoms with Gasteiger partial charge in [0.1, 0.15) is 0 Å². The molecule has 0 aliphatic heterocycles. The second kappa shape index (κ2) is 5.59. The Morgan fingerprint density at radius 3 is 2.55 bits per heavy atom. The molecule has 116 valence electrons. The van der Waals surface area contributed by atoms with Gasteiger partial charge in [0.2, 0.25) is 5.76 Å². The van der Waals surface area contributed by atoms with E-state index >= 15 is 0 Å². The lowest BCUT2D eigenvalue weighted by Crippen LogP contribution is -2.34. The van der Waals surface area contributed by atoms with E-state index in [1.807, 2.05) is 27.0 Å². The van der Waals surface area contributed by atoms with E-state index in [1.54, 1.807) is 4.90 Å². The number of oxazole rings is 1. The van der Waals surface area contributed by atoms with Gasteiger partial charge in [0.15, 0.2) is 5.89 Å². The van der Waals surface area contributed by atoms with Gasteiger partial charge in [0.25, 0.3) is 5.91 Å². The van der Waals surface area contributed by atoms with Crippen LogP contribution in [0.4, 0.5) is 0 Å². The van der Waals surface area contributed by atoms with Gasteiger partial charge in [-0.1, -0.05) is 37.3 Å². The highest BCUT2D eigenvalue weighted by molar-refractivity contribution is 5.92. The molecule has 1 aromatic carbocycles. The van der Waals surface area contributed by atoms with Gasteiger partial charge in [-0.2, -0.15) is 0 Å². The van der Waals surface area contributed by atoms with Crippen molar-refractivity contribution in [2.45, 2.75) is 38.5 Å². The summed E-state index contributed by atoms with van der Waals surface area (Å²) in [6.45, 7) is 4.52. The van der Waals surface area contributed by atoms with E-state index in [0.29, 0.717) is 23.8 Å². The van der Waals surface area contributed by atoms with Crippen LogP contribution in [-0.4, -0.2) is 29.4 Å². The maximum Gasteiger partial charge on any atom is 0.291 e. The maximum absolute atomic E-state index is 12.6. The van der Waals surface area contributed by atoms with Crippen molar-refractivity contribution in [2.24, 2.45) is 0 Å². The molecule has 1 saturated carbocycles. The number of carbonyl (C=O) groups excluding carboxylic acids is 1. The molecule has 2 aromatic rings. The van der Waals surface area contributed by atoms with Crippen molar-refractivity contribution in [3.8, 4) is 0 Å². The molecule has 3 rings (SSSR count). The maximum atomic E-state index is 12.6. The first kappa shape index (κ1) is 14.8. The summed E-state index contributed by atoms with van der Waals surface area (Å²) in [7, 11) is 1.85. The summed E-state index contributed by atoms with van der Waals surface area (Å²) >= 11 is 0. The summed E-state index contributed by atoms with van der Waals surface area (Å²) in [4.78, 5) is 18.7. The molecule has 1 aliphatic rings. The zero-order chi connectivity index (χ0) is 15.7. The highest BCUT2D eigenvalue weighted by Crippen LogP contribution is 2.48. The minimum Gasteiger partial charge on any atom is -0.435 e. The van der Waals surface area contributed by atoms with Gasteiger partial charge in [-0.3, -0.25) is 4.79 Å². The van der Waals surface area contributed by atoms with Gasteiger partial charge >= 0.3 is 0 Å². The number of nitrogens with zero attached hydrogens (tertiary/aromatic N) is 2. The first-order valence-electron chi connectivity index (χ1n) is 7.83. The lowest BCUT2D eigenvalue weighted by atomic mass is 9.95. The van der Waals surface area contributed by atoms with Crippen molar-refractivity contribution >= 4 is 5.91 Å². The standard InChI is InChI=1S/C18H22N2O2/c1-4-15-19-13(2)16(22-15)17(21)20(3)12-18(10-11-18)14-8-6-5-7-9-14/h5-9H,4,10-12H2,1-3H3.